The third-order valence-corrected chi connectivity index (χ3v) is 3.78. The van der Waals surface area contributed by atoms with Gasteiger partial charge in [-0.15, -0.1) is 0 Å². The maximum Gasteiger partial charge on any atom is 0.126 e. The monoisotopic (exact) mass is 339 g/mol. The minimum Gasteiger partial charge on any atom is -0.389 e. The fourth-order valence-corrected chi connectivity index (χ4v) is 2.57. The van der Waals surface area contributed by atoms with Crippen LogP contribution in [0.2, 0.25) is 10.0 Å². The van der Waals surface area contributed by atoms with Crippen molar-refractivity contribution in [3.8, 4) is 0 Å². The molecule has 0 saturated carbocycles. The molecule has 0 spiro atoms. The molecule has 2 rings (SSSR count). The van der Waals surface area contributed by atoms with Crippen LogP contribution in [0.4, 0.5) is 5.82 Å². The zero-order valence-electron chi connectivity index (χ0n) is 11.5. The Hall–Kier alpha value is -1.36. The average molecular weight is 340 g/mol. The summed E-state index contributed by atoms with van der Waals surface area (Å²) in [6, 6.07) is 9.21. The SMILES string of the molecule is Cc1cc(C(N)=S)cc(NCCc2ccc(Cl)cc2Cl)n1. The Bertz CT molecular complexity index is 674. The van der Waals surface area contributed by atoms with Crippen LogP contribution in [-0.4, -0.2) is 16.5 Å². The zero-order valence-corrected chi connectivity index (χ0v) is 13.8. The van der Waals surface area contributed by atoms with Crippen LogP contribution < -0.4 is 11.1 Å². The Labute approximate surface area is 139 Å². The lowest BCUT2D eigenvalue weighted by molar-refractivity contribution is 1.00. The van der Waals surface area contributed by atoms with Crippen molar-refractivity contribution in [2.45, 2.75) is 13.3 Å². The molecular weight excluding hydrogens is 325 g/mol. The van der Waals surface area contributed by atoms with Gasteiger partial charge >= 0.3 is 0 Å². The first-order valence-corrected chi connectivity index (χ1v) is 7.58. The molecule has 0 amide bonds. The summed E-state index contributed by atoms with van der Waals surface area (Å²) in [7, 11) is 0. The average Bonchev–Trinajstić information content (AvgIpc) is 2.40. The van der Waals surface area contributed by atoms with Crippen molar-refractivity contribution in [1.82, 2.24) is 4.98 Å². The number of halogens is 2. The quantitative estimate of drug-likeness (QED) is 0.808. The van der Waals surface area contributed by atoms with Gasteiger partial charge in [0.1, 0.15) is 10.8 Å². The van der Waals surface area contributed by atoms with Crippen LogP contribution in [0.3, 0.4) is 0 Å². The van der Waals surface area contributed by atoms with Gasteiger partial charge in [0.05, 0.1) is 0 Å². The van der Waals surface area contributed by atoms with E-state index in [-0.39, 0.29) is 0 Å². The summed E-state index contributed by atoms with van der Waals surface area (Å²) in [5, 5.41) is 4.56. The van der Waals surface area contributed by atoms with Gasteiger partial charge in [-0.2, -0.15) is 0 Å². The number of benzene rings is 1. The molecule has 0 atom stereocenters. The minimum atomic E-state index is 0.365. The number of aryl methyl sites for hydroxylation is 1. The highest BCUT2D eigenvalue weighted by Crippen LogP contribution is 2.21. The Balaban J connectivity index is 2.01. The maximum absolute atomic E-state index is 6.14. The fraction of sp³-hybridized carbons (Fsp3) is 0.200. The second-order valence-corrected chi connectivity index (χ2v) is 5.94. The number of nitrogens with zero attached hydrogens (tertiary/aromatic N) is 1. The fourth-order valence-electron chi connectivity index (χ4n) is 1.95. The third-order valence-electron chi connectivity index (χ3n) is 2.95. The number of nitrogens with two attached hydrogens (primary N) is 1. The number of aromatic nitrogens is 1. The third kappa shape index (κ3) is 4.56. The van der Waals surface area contributed by atoms with Gasteiger partial charge in [0.2, 0.25) is 0 Å². The Kier molecular flexibility index (Phi) is 5.39. The Morgan fingerprint density at radius 1 is 1.29 bits per heavy atom. The number of pyridine rings is 1. The van der Waals surface area contributed by atoms with Gasteiger partial charge in [-0.25, -0.2) is 4.98 Å². The van der Waals surface area contributed by atoms with Crippen molar-refractivity contribution in [2.75, 3.05) is 11.9 Å². The summed E-state index contributed by atoms with van der Waals surface area (Å²) >= 11 is 17.0. The molecule has 0 bridgehead atoms. The van der Waals surface area contributed by atoms with Gasteiger partial charge in [-0.1, -0.05) is 41.5 Å². The largest absolute Gasteiger partial charge is 0.389 e. The number of hydrogen-bond donors (Lipinski definition) is 2. The van der Waals surface area contributed by atoms with Crippen molar-refractivity contribution in [1.29, 1.82) is 0 Å². The molecule has 2 aromatic rings. The van der Waals surface area contributed by atoms with Crippen LogP contribution >= 0.6 is 35.4 Å². The van der Waals surface area contributed by atoms with E-state index in [0.29, 0.717) is 21.6 Å². The van der Waals surface area contributed by atoms with Crippen molar-refractivity contribution in [2.24, 2.45) is 5.73 Å². The lowest BCUT2D eigenvalue weighted by Gasteiger charge is -2.09. The van der Waals surface area contributed by atoms with Gasteiger partial charge in [-0.05, 0) is 43.2 Å². The van der Waals surface area contributed by atoms with Gasteiger partial charge in [0.15, 0.2) is 0 Å². The standard InChI is InChI=1S/C15H15Cl2N3S/c1-9-6-11(15(18)21)7-14(20-9)19-5-4-10-2-3-12(16)8-13(10)17/h2-3,6-8H,4-5H2,1H3,(H2,18,21)(H,19,20). The lowest BCUT2D eigenvalue weighted by Crippen LogP contribution is -2.12. The molecular formula is C15H15Cl2N3S. The zero-order chi connectivity index (χ0) is 15.4. The van der Waals surface area contributed by atoms with Gasteiger partial charge < -0.3 is 11.1 Å². The molecule has 0 unspecified atom stereocenters. The number of thiocarbonyl (C=S) groups is 1. The molecule has 0 radical (unpaired) electrons. The van der Waals surface area contributed by atoms with Gasteiger partial charge in [0, 0.05) is 27.8 Å². The molecule has 0 saturated heterocycles. The highest BCUT2D eigenvalue weighted by atomic mass is 35.5. The van der Waals surface area contributed by atoms with Crippen LogP contribution in [0.5, 0.6) is 0 Å². The van der Waals surface area contributed by atoms with E-state index >= 15 is 0 Å². The van der Waals surface area contributed by atoms with E-state index < -0.39 is 0 Å². The molecule has 21 heavy (non-hydrogen) atoms. The van der Waals surface area contributed by atoms with Crippen molar-refractivity contribution in [3.63, 3.8) is 0 Å². The Morgan fingerprint density at radius 3 is 2.71 bits per heavy atom. The highest BCUT2D eigenvalue weighted by molar-refractivity contribution is 7.80. The molecule has 0 aliphatic carbocycles. The smallest absolute Gasteiger partial charge is 0.126 e. The Morgan fingerprint density at radius 2 is 2.05 bits per heavy atom. The summed E-state index contributed by atoms with van der Waals surface area (Å²) in [6.07, 6.45) is 0.772. The van der Waals surface area contributed by atoms with Crippen LogP contribution in [-0.2, 0) is 6.42 Å². The van der Waals surface area contributed by atoms with Gasteiger partial charge in [0.25, 0.3) is 0 Å². The summed E-state index contributed by atoms with van der Waals surface area (Å²) in [5.41, 5.74) is 8.37. The van der Waals surface area contributed by atoms with E-state index in [1.165, 1.54) is 0 Å². The van der Waals surface area contributed by atoms with E-state index in [0.717, 1.165) is 29.1 Å². The summed E-state index contributed by atoms with van der Waals surface area (Å²) in [6.45, 7) is 2.61. The predicted molar refractivity (Wildman–Crippen MR) is 93.5 cm³/mol. The van der Waals surface area contributed by atoms with E-state index in [1.54, 1.807) is 6.07 Å². The van der Waals surface area contributed by atoms with E-state index in [4.69, 9.17) is 41.2 Å². The topological polar surface area (TPSA) is 50.9 Å². The number of anilines is 1. The molecule has 0 fully saturated rings. The molecule has 1 aromatic carbocycles. The van der Waals surface area contributed by atoms with E-state index in [9.17, 15) is 0 Å². The summed E-state index contributed by atoms with van der Waals surface area (Å²) in [5.74, 6) is 0.753. The minimum absolute atomic E-state index is 0.365. The van der Waals surface area contributed by atoms with Crippen LogP contribution in [0.25, 0.3) is 0 Å². The molecule has 0 aliphatic rings. The normalized spacial score (nSPS) is 10.4. The van der Waals surface area contributed by atoms with Crippen molar-refractivity contribution >= 4 is 46.2 Å². The molecule has 3 N–H and O–H groups in total. The second kappa shape index (κ2) is 7.07. The first-order chi connectivity index (χ1) is 9.95. The molecule has 3 nitrogen and oxygen atoms in total. The second-order valence-electron chi connectivity index (χ2n) is 4.66. The highest BCUT2D eigenvalue weighted by Gasteiger charge is 2.04. The van der Waals surface area contributed by atoms with Crippen LogP contribution in [0.1, 0.15) is 16.8 Å². The molecule has 6 heteroatoms. The first kappa shape index (κ1) is 16.0. The molecule has 110 valence electrons. The number of rotatable bonds is 5. The molecule has 0 aliphatic heterocycles. The molecule has 1 heterocycles. The van der Waals surface area contributed by atoms with Crippen LogP contribution in [0, 0.1) is 6.92 Å². The lowest BCUT2D eigenvalue weighted by atomic mass is 10.1. The van der Waals surface area contributed by atoms with Crippen molar-refractivity contribution in [3.05, 3.63) is 57.2 Å². The van der Waals surface area contributed by atoms with Gasteiger partial charge in [-0.3, -0.25) is 0 Å². The summed E-state index contributed by atoms with van der Waals surface area (Å²) in [4.78, 5) is 4.77. The number of hydrogen-bond acceptors (Lipinski definition) is 3. The van der Waals surface area contributed by atoms with Crippen molar-refractivity contribution < 1.29 is 0 Å². The van der Waals surface area contributed by atoms with Crippen LogP contribution in [0.15, 0.2) is 30.3 Å². The maximum atomic E-state index is 6.14. The van der Waals surface area contributed by atoms with E-state index in [2.05, 4.69) is 10.3 Å². The first-order valence-electron chi connectivity index (χ1n) is 6.42. The summed E-state index contributed by atoms with van der Waals surface area (Å²) < 4.78 is 0. The number of nitrogens with one attached hydrogen (secondary N) is 1. The molecule has 1 aromatic heterocycles. The van der Waals surface area contributed by atoms with E-state index in [1.807, 2.05) is 31.2 Å². The predicted octanol–water partition coefficient (Wildman–Crippen LogP) is 3.99.